The monoisotopic (exact) mass is 479 g/mol. The molecule has 0 N–H and O–H groups in total. The minimum Gasteiger partial charge on any atom is -0.465 e. The Morgan fingerprint density at radius 2 is 1.70 bits per heavy atom. The molecule has 10 heteroatoms. The Morgan fingerprint density at radius 1 is 1.12 bits per heavy atom. The number of non-ortho nitro benzene ring substituents is 1. The highest BCUT2D eigenvalue weighted by Gasteiger charge is 2.46. The zero-order valence-corrected chi connectivity index (χ0v) is 20.2. The Hall–Kier alpha value is -2.94. The van der Waals surface area contributed by atoms with Gasteiger partial charge in [-0.1, -0.05) is 37.1 Å². The van der Waals surface area contributed by atoms with Crippen LogP contribution < -0.4 is 0 Å². The predicted molar refractivity (Wildman–Crippen MR) is 123 cm³/mol. The van der Waals surface area contributed by atoms with Gasteiger partial charge >= 0.3 is 11.9 Å². The van der Waals surface area contributed by atoms with Crippen LogP contribution in [0.3, 0.4) is 0 Å². The normalized spacial score (nSPS) is 11.3. The van der Waals surface area contributed by atoms with E-state index in [1.165, 1.54) is 19.1 Å². The number of nitrogens with zero attached hydrogens (tertiary/aromatic N) is 3. The third-order valence-electron chi connectivity index (χ3n) is 5.32. The lowest BCUT2D eigenvalue weighted by Gasteiger charge is -2.26. The molecule has 0 aliphatic heterocycles. The SMILES string of the molecule is CCCCc1nc(Cl)c(CC(C)(C(=O)OCC)C(=O)OCC)n1Cc1ccc([N+](=O)[O-])cc1. The first kappa shape index (κ1) is 26.3. The zero-order valence-electron chi connectivity index (χ0n) is 19.4. The number of nitro groups is 1. The van der Waals surface area contributed by atoms with E-state index in [9.17, 15) is 19.7 Å². The van der Waals surface area contributed by atoms with Gasteiger partial charge in [0.2, 0.25) is 0 Å². The summed E-state index contributed by atoms with van der Waals surface area (Å²) >= 11 is 6.51. The summed E-state index contributed by atoms with van der Waals surface area (Å²) < 4.78 is 12.2. The molecule has 1 aromatic heterocycles. The molecule has 0 fully saturated rings. The average molecular weight is 480 g/mol. The van der Waals surface area contributed by atoms with Crippen LogP contribution in [0.4, 0.5) is 5.69 Å². The van der Waals surface area contributed by atoms with Gasteiger partial charge in [0.15, 0.2) is 10.6 Å². The first-order valence-corrected chi connectivity index (χ1v) is 11.4. The zero-order chi connectivity index (χ0) is 24.6. The molecule has 0 atom stereocenters. The van der Waals surface area contributed by atoms with Gasteiger partial charge in [-0.2, -0.15) is 0 Å². The molecule has 0 aliphatic rings. The largest absolute Gasteiger partial charge is 0.465 e. The molecular weight excluding hydrogens is 450 g/mol. The summed E-state index contributed by atoms with van der Waals surface area (Å²) in [6, 6.07) is 6.19. The summed E-state index contributed by atoms with van der Waals surface area (Å²) in [5.41, 5.74) is -0.316. The molecule has 0 unspecified atom stereocenters. The summed E-state index contributed by atoms with van der Waals surface area (Å²) in [7, 11) is 0. The van der Waals surface area contributed by atoms with E-state index < -0.39 is 22.3 Å². The Labute approximate surface area is 198 Å². The quantitative estimate of drug-likeness (QED) is 0.190. The second-order valence-corrected chi connectivity index (χ2v) is 8.19. The van der Waals surface area contributed by atoms with Gasteiger partial charge in [0.1, 0.15) is 5.82 Å². The van der Waals surface area contributed by atoms with Crippen LogP contribution in [0.2, 0.25) is 5.15 Å². The van der Waals surface area contributed by atoms with E-state index in [0.29, 0.717) is 24.5 Å². The summed E-state index contributed by atoms with van der Waals surface area (Å²) in [5, 5.41) is 11.2. The number of carbonyl (C=O) groups is 2. The standard InChI is InChI=1S/C23H30ClN3O6/c1-5-8-9-19-25-20(24)18(14-23(4,21(28)32-6-2)22(29)33-7-3)26(19)15-16-10-12-17(13-11-16)27(30)31/h10-13H,5-9,14-15H2,1-4H3. The Kier molecular flexibility index (Phi) is 9.40. The Balaban J connectivity index is 2.51. The number of carbonyl (C=O) groups excluding carboxylic acids is 2. The average Bonchev–Trinajstić information content (AvgIpc) is 3.06. The molecule has 0 saturated heterocycles. The molecule has 1 heterocycles. The van der Waals surface area contributed by atoms with Gasteiger partial charge in [-0.15, -0.1) is 0 Å². The number of hydrogen-bond donors (Lipinski definition) is 0. The maximum atomic E-state index is 12.8. The van der Waals surface area contributed by atoms with Crippen molar-refractivity contribution < 1.29 is 24.0 Å². The molecule has 0 radical (unpaired) electrons. The van der Waals surface area contributed by atoms with Gasteiger partial charge in [-0.25, -0.2) is 4.98 Å². The number of halogens is 1. The van der Waals surface area contributed by atoms with Crippen LogP contribution in [0.1, 0.15) is 57.6 Å². The lowest BCUT2D eigenvalue weighted by molar-refractivity contribution is -0.384. The number of rotatable bonds is 12. The number of benzene rings is 1. The van der Waals surface area contributed by atoms with E-state index >= 15 is 0 Å². The van der Waals surface area contributed by atoms with Crippen molar-refractivity contribution in [2.24, 2.45) is 5.41 Å². The van der Waals surface area contributed by atoms with E-state index in [1.54, 1.807) is 26.0 Å². The molecule has 2 rings (SSSR count). The maximum absolute atomic E-state index is 12.8. The van der Waals surface area contributed by atoms with Gasteiger partial charge in [-0.05, 0) is 32.8 Å². The highest BCUT2D eigenvalue weighted by atomic mass is 35.5. The van der Waals surface area contributed by atoms with E-state index in [2.05, 4.69) is 11.9 Å². The van der Waals surface area contributed by atoms with Crippen molar-refractivity contribution in [1.29, 1.82) is 0 Å². The molecule has 33 heavy (non-hydrogen) atoms. The van der Waals surface area contributed by atoms with Crippen molar-refractivity contribution in [3.05, 3.63) is 56.6 Å². The van der Waals surface area contributed by atoms with Crippen LogP contribution >= 0.6 is 11.6 Å². The number of imidazole rings is 1. The molecule has 180 valence electrons. The fourth-order valence-corrected chi connectivity index (χ4v) is 3.70. The van der Waals surface area contributed by atoms with Gasteiger partial charge in [0.05, 0.1) is 23.8 Å². The molecular formula is C23H30ClN3O6. The molecule has 2 aromatic rings. The van der Waals surface area contributed by atoms with Crippen molar-refractivity contribution in [1.82, 2.24) is 9.55 Å². The fraction of sp³-hybridized carbons (Fsp3) is 0.522. The molecule has 0 aliphatic carbocycles. The Bertz CT molecular complexity index is 969. The minimum atomic E-state index is -1.61. The van der Waals surface area contributed by atoms with Crippen molar-refractivity contribution >= 4 is 29.2 Å². The predicted octanol–water partition coefficient (Wildman–Crippen LogP) is 4.51. The minimum absolute atomic E-state index is 0.00830. The summed E-state index contributed by atoms with van der Waals surface area (Å²) in [4.78, 5) is 40.6. The summed E-state index contributed by atoms with van der Waals surface area (Å²) in [5.74, 6) is -0.680. The van der Waals surface area contributed by atoms with E-state index in [1.807, 2.05) is 4.57 Å². The fourth-order valence-electron chi connectivity index (χ4n) is 3.44. The van der Waals surface area contributed by atoms with Gasteiger partial charge in [0.25, 0.3) is 5.69 Å². The molecule has 9 nitrogen and oxygen atoms in total. The molecule has 0 spiro atoms. The van der Waals surface area contributed by atoms with Crippen LogP contribution in [0.15, 0.2) is 24.3 Å². The number of hydrogen-bond acceptors (Lipinski definition) is 7. The van der Waals surface area contributed by atoms with Gasteiger partial charge in [0, 0.05) is 31.5 Å². The summed E-state index contributed by atoms with van der Waals surface area (Å²) in [6.07, 6.45) is 2.41. The third-order valence-corrected chi connectivity index (χ3v) is 5.62. The van der Waals surface area contributed by atoms with Crippen LogP contribution in [-0.4, -0.2) is 39.6 Å². The second kappa shape index (κ2) is 11.8. The van der Waals surface area contributed by atoms with E-state index in [0.717, 1.165) is 18.4 Å². The van der Waals surface area contributed by atoms with Crippen molar-refractivity contribution in [2.45, 2.75) is 59.9 Å². The number of aromatic nitrogens is 2. The number of ether oxygens (including phenoxy) is 2. The molecule has 0 bridgehead atoms. The first-order valence-electron chi connectivity index (χ1n) is 11.0. The van der Waals surface area contributed by atoms with Crippen LogP contribution in [-0.2, 0) is 38.4 Å². The highest BCUT2D eigenvalue weighted by molar-refractivity contribution is 6.30. The number of nitro benzene ring substituents is 1. The molecule has 1 aromatic carbocycles. The van der Waals surface area contributed by atoms with Crippen LogP contribution in [0.25, 0.3) is 0 Å². The van der Waals surface area contributed by atoms with Crippen molar-refractivity contribution in [3.63, 3.8) is 0 Å². The molecule has 0 amide bonds. The molecule has 0 saturated carbocycles. The van der Waals surface area contributed by atoms with Crippen molar-refractivity contribution in [3.8, 4) is 0 Å². The number of unbranched alkanes of at least 4 members (excludes halogenated alkanes) is 1. The number of aryl methyl sites for hydroxylation is 1. The Morgan fingerprint density at radius 3 is 2.18 bits per heavy atom. The smallest absolute Gasteiger partial charge is 0.323 e. The highest BCUT2D eigenvalue weighted by Crippen LogP contribution is 2.32. The van der Waals surface area contributed by atoms with E-state index in [4.69, 9.17) is 21.1 Å². The van der Waals surface area contributed by atoms with E-state index in [-0.39, 0.29) is 30.5 Å². The van der Waals surface area contributed by atoms with Crippen molar-refractivity contribution in [2.75, 3.05) is 13.2 Å². The summed E-state index contributed by atoms with van der Waals surface area (Å²) in [6.45, 7) is 7.43. The lowest BCUT2D eigenvalue weighted by Crippen LogP contribution is -2.42. The van der Waals surface area contributed by atoms with Crippen LogP contribution in [0.5, 0.6) is 0 Å². The van der Waals surface area contributed by atoms with Gasteiger partial charge in [-0.3, -0.25) is 19.7 Å². The third kappa shape index (κ3) is 6.31. The number of esters is 2. The van der Waals surface area contributed by atoms with Crippen LogP contribution in [0, 0.1) is 15.5 Å². The first-order chi connectivity index (χ1) is 15.7. The van der Waals surface area contributed by atoms with Gasteiger partial charge < -0.3 is 14.0 Å². The topological polar surface area (TPSA) is 114 Å². The lowest BCUT2D eigenvalue weighted by atomic mass is 9.85. The second-order valence-electron chi connectivity index (χ2n) is 7.83. The maximum Gasteiger partial charge on any atom is 0.323 e.